The number of ether oxygens (including phenoxy) is 1. The van der Waals surface area contributed by atoms with Crippen LogP contribution in [0, 0.1) is 10.1 Å². The summed E-state index contributed by atoms with van der Waals surface area (Å²) in [5.74, 6) is -0.491. The van der Waals surface area contributed by atoms with E-state index in [-0.39, 0.29) is 10.2 Å². The van der Waals surface area contributed by atoms with E-state index in [4.69, 9.17) is 0 Å². The third-order valence-electron chi connectivity index (χ3n) is 0.976. The zero-order valence-electron chi connectivity index (χ0n) is 6.41. The van der Waals surface area contributed by atoms with Crippen molar-refractivity contribution in [1.82, 2.24) is 0 Å². The van der Waals surface area contributed by atoms with Crippen molar-refractivity contribution in [2.24, 2.45) is 4.99 Å². The number of halogens is 1. The van der Waals surface area contributed by atoms with E-state index in [1.807, 2.05) is 0 Å². The fourth-order valence-corrected chi connectivity index (χ4v) is 0.875. The van der Waals surface area contributed by atoms with E-state index in [9.17, 15) is 10.1 Å². The molecule has 0 aliphatic heterocycles. The summed E-state index contributed by atoms with van der Waals surface area (Å²) in [5.41, 5.74) is 0. The molecule has 0 bridgehead atoms. The van der Waals surface area contributed by atoms with Crippen LogP contribution in [0.15, 0.2) is 27.6 Å². The Balaban J connectivity index is 5.15. The number of hydrogen-bond donors (Lipinski definition) is 0. The SMILES string of the molecule is C=N/C(=C(/OC)C(=C)Br)[N+](=O)[O-]. The highest BCUT2D eigenvalue weighted by Gasteiger charge is 2.18. The molecule has 0 atom stereocenters. The molecule has 0 amide bonds. The van der Waals surface area contributed by atoms with Crippen LogP contribution in [0.2, 0.25) is 0 Å². The van der Waals surface area contributed by atoms with Crippen molar-refractivity contribution < 1.29 is 9.66 Å². The van der Waals surface area contributed by atoms with E-state index < -0.39 is 10.7 Å². The molecule has 0 saturated carbocycles. The highest BCUT2D eigenvalue weighted by Crippen LogP contribution is 2.20. The van der Waals surface area contributed by atoms with Crippen molar-refractivity contribution in [3.8, 4) is 0 Å². The van der Waals surface area contributed by atoms with Gasteiger partial charge in [0.2, 0.25) is 5.76 Å². The average molecular weight is 235 g/mol. The van der Waals surface area contributed by atoms with Gasteiger partial charge in [-0.05, 0) is 20.9 Å². The summed E-state index contributed by atoms with van der Waals surface area (Å²) in [4.78, 5) is 12.8. The zero-order valence-corrected chi connectivity index (χ0v) is 8.00. The first-order valence-corrected chi connectivity index (χ1v) is 3.58. The molecule has 0 saturated heterocycles. The van der Waals surface area contributed by atoms with Crippen molar-refractivity contribution in [3.05, 3.63) is 32.8 Å². The molecule has 0 fully saturated rings. The average Bonchev–Trinajstić information content (AvgIpc) is 1.98. The normalized spacial score (nSPS) is 11.5. The molecule has 0 aromatic carbocycles. The fraction of sp³-hybridized carbons (Fsp3) is 0.167. The third kappa shape index (κ3) is 2.46. The van der Waals surface area contributed by atoms with Gasteiger partial charge in [-0.2, -0.15) is 0 Å². The van der Waals surface area contributed by atoms with Crippen molar-refractivity contribution in [2.75, 3.05) is 7.11 Å². The molecule has 5 nitrogen and oxygen atoms in total. The molecule has 66 valence electrons. The first-order chi connectivity index (χ1) is 5.54. The minimum atomic E-state index is -0.696. The number of hydrogen-bond acceptors (Lipinski definition) is 4. The maximum Gasteiger partial charge on any atom is 0.406 e. The molecule has 0 heterocycles. The number of rotatable bonds is 4. The van der Waals surface area contributed by atoms with Crippen LogP contribution in [0.5, 0.6) is 0 Å². The third-order valence-corrected chi connectivity index (χ3v) is 1.34. The van der Waals surface area contributed by atoms with E-state index in [1.54, 1.807) is 0 Å². The molecule has 0 spiro atoms. The van der Waals surface area contributed by atoms with Gasteiger partial charge < -0.3 is 14.9 Å². The van der Waals surface area contributed by atoms with Gasteiger partial charge >= 0.3 is 5.82 Å². The van der Waals surface area contributed by atoms with E-state index in [0.29, 0.717) is 0 Å². The summed E-state index contributed by atoms with van der Waals surface area (Å²) >= 11 is 2.94. The van der Waals surface area contributed by atoms with E-state index in [1.165, 1.54) is 7.11 Å². The summed E-state index contributed by atoms with van der Waals surface area (Å²) in [6.45, 7) is 6.46. The lowest BCUT2D eigenvalue weighted by Gasteiger charge is -2.02. The molecule has 0 rings (SSSR count). The summed E-state index contributed by atoms with van der Waals surface area (Å²) in [7, 11) is 1.29. The zero-order chi connectivity index (χ0) is 9.72. The van der Waals surface area contributed by atoms with E-state index in [2.05, 4.69) is 39.0 Å². The predicted molar refractivity (Wildman–Crippen MR) is 48.6 cm³/mol. The quantitative estimate of drug-likeness (QED) is 0.245. The highest BCUT2D eigenvalue weighted by molar-refractivity contribution is 9.11. The first kappa shape index (κ1) is 10.8. The molecule has 0 aromatic rings. The van der Waals surface area contributed by atoms with Gasteiger partial charge in [0.25, 0.3) is 0 Å². The van der Waals surface area contributed by atoms with Crippen molar-refractivity contribution >= 4 is 22.6 Å². The molecule has 0 N–H and O–H groups in total. The number of allylic oxidation sites excluding steroid dienone is 1. The molecule has 0 aliphatic carbocycles. The van der Waals surface area contributed by atoms with Gasteiger partial charge in [0, 0.05) is 0 Å². The van der Waals surface area contributed by atoms with E-state index >= 15 is 0 Å². The largest absolute Gasteiger partial charge is 0.488 e. The van der Waals surface area contributed by atoms with Gasteiger partial charge in [-0.1, -0.05) is 11.6 Å². The smallest absolute Gasteiger partial charge is 0.406 e. The second kappa shape index (κ2) is 4.66. The lowest BCUT2D eigenvalue weighted by Crippen LogP contribution is -2.02. The molecule has 0 aliphatic rings. The topological polar surface area (TPSA) is 64.7 Å². The number of nitrogens with zero attached hydrogens (tertiary/aromatic N) is 2. The monoisotopic (exact) mass is 234 g/mol. The van der Waals surface area contributed by atoms with Gasteiger partial charge in [0.05, 0.1) is 11.6 Å². The molecule has 0 radical (unpaired) electrons. The summed E-state index contributed by atoms with van der Waals surface area (Å²) < 4.78 is 4.94. The van der Waals surface area contributed by atoms with Crippen LogP contribution in [0.4, 0.5) is 0 Å². The summed E-state index contributed by atoms with van der Waals surface area (Å²) in [6.07, 6.45) is 0. The Morgan fingerprint density at radius 2 is 2.25 bits per heavy atom. The second-order valence-electron chi connectivity index (χ2n) is 1.68. The maximum atomic E-state index is 10.3. The molecular formula is C6H7BrN2O3. The Kier molecular flexibility index (Phi) is 4.20. The Labute approximate surface area is 77.7 Å². The molecular weight excluding hydrogens is 228 g/mol. The van der Waals surface area contributed by atoms with Gasteiger partial charge in [0.1, 0.15) is 6.72 Å². The molecule has 0 unspecified atom stereocenters. The standard InChI is InChI=1S/C6H7BrN2O3/c1-4(7)5(12-3)6(8-2)9(10)11/h1-2H2,3H3/b6-5-. The lowest BCUT2D eigenvalue weighted by molar-refractivity contribution is -0.428. The first-order valence-electron chi connectivity index (χ1n) is 2.78. The molecule has 0 aromatic heterocycles. The molecule has 6 heteroatoms. The van der Waals surface area contributed by atoms with Gasteiger partial charge in [-0.25, -0.2) is 0 Å². The maximum absolute atomic E-state index is 10.3. The number of aliphatic imine (C=N–C) groups is 1. The number of methoxy groups -OCH3 is 1. The summed E-state index contributed by atoms with van der Waals surface area (Å²) in [5, 5.41) is 10.3. The lowest BCUT2D eigenvalue weighted by atomic mass is 10.5. The van der Waals surface area contributed by atoms with Gasteiger partial charge in [-0.3, -0.25) is 0 Å². The Hall–Kier alpha value is -1.17. The Bertz CT molecular complexity index is 260. The van der Waals surface area contributed by atoms with E-state index in [0.717, 1.165) is 0 Å². The Morgan fingerprint density at radius 1 is 1.75 bits per heavy atom. The molecule has 12 heavy (non-hydrogen) atoms. The second-order valence-corrected chi connectivity index (χ2v) is 2.63. The number of nitro groups is 1. The van der Waals surface area contributed by atoms with Crippen molar-refractivity contribution in [3.63, 3.8) is 0 Å². The van der Waals surface area contributed by atoms with Crippen LogP contribution in [-0.4, -0.2) is 18.8 Å². The van der Waals surface area contributed by atoms with Crippen LogP contribution in [0.25, 0.3) is 0 Å². The van der Waals surface area contributed by atoms with Gasteiger partial charge in [-0.15, -0.1) is 0 Å². The van der Waals surface area contributed by atoms with Crippen LogP contribution in [0.3, 0.4) is 0 Å². The minimum Gasteiger partial charge on any atom is -0.488 e. The van der Waals surface area contributed by atoms with Crippen LogP contribution >= 0.6 is 15.9 Å². The van der Waals surface area contributed by atoms with Crippen molar-refractivity contribution in [1.29, 1.82) is 0 Å². The van der Waals surface area contributed by atoms with Crippen LogP contribution < -0.4 is 0 Å². The van der Waals surface area contributed by atoms with Crippen molar-refractivity contribution in [2.45, 2.75) is 0 Å². The van der Waals surface area contributed by atoms with Gasteiger partial charge in [0.15, 0.2) is 0 Å². The minimum absolute atomic E-state index is 0.0324. The summed E-state index contributed by atoms with van der Waals surface area (Å²) in [6, 6.07) is 0. The fourth-order valence-electron chi connectivity index (χ4n) is 0.536. The Morgan fingerprint density at radius 3 is 2.33 bits per heavy atom. The van der Waals surface area contributed by atoms with Crippen LogP contribution in [0.1, 0.15) is 0 Å². The predicted octanol–water partition coefficient (Wildman–Crippen LogP) is 1.69. The highest BCUT2D eigenvalue weighted by atomic mass is 79.9. The van der Waals surface area contributed by atoms with Crippen LogP contribution in [-0.2, 0) is 4.74 Å².